The summed E-state index contributed by atoms with van der Waals surface area (Å²) in [6.45, 7) is 1.75. The summed E-state index contributed by atoms with van der Waals surface area (Å²) in [6.07, 6.45) is 5.49. The third-order valence-electron chi connectivity index (χ3n) is 6.37. The van der Waals surface area contributed by atoms with Crippen molar-refractivity contribution in [3.8, 4) is 0 Å². The highest BCUT2D eigenvalue weighted by Crippen LogP contribution is 2.31. The molecule has 3 aliphatic heterocycles. The molecule has 9 nitrogen and oxygen atoms in total. The molecular weight excluding hydrogens is 388 g/mol. The summed E-state index contributed by atoms with van der Waals surface area (Å²) in [5.74, 6) is -0.352. The Morgan fingerprint density at radius 2 is 1.73 bits per heavy atom. The van der Waals surface area contributed by atoms with Crippen molar-refractivity contribution in [2.24, 2.45) is 13.0 Å². The molecule has 9 heteroatoms. The molecule has 5 rings (SSSR count). The molecule has 1 aromatic heterocycles. The quantitative estimate of drug-likeness (QED) is 0.766. The second-order valence-electron chi connectivity index (χ2n) is 8.09. The van der Waals surface area contributed by atoms with Gasteiger partial charge in [0.2, 0.25) is 18.1 Å². The minimum Gasteiger partial charge on any atom is -0.459 e. The number of aryl methyl sites for hydroxylation is 1. The molecule has 30 heavy (non-hydrogen) atoms. The number of rotatable bonds is 3. The number of nitrogens with one attached hydrogen (secondary N) is 1. The van der Waals surface area contributed by atoms with Crippen molar-refractivity contribution in [3.05, 3.63) is 41.2 Å². The zero-order valence-electron chi connectivity index (χ0n) is 16.7. The van der Waals surface area contributed by atoms with Crippen molar-refractivity contribution in [1.82, 2.24) is 14.5 Å². The van der Waals surface area contributed by atoms with E-state index in [0.29, 0.717) is 17.9 Å². The first-order chi connectivity index (χ1) is 14.5. The standard InChI is InChI=1S/C21H24N4O5/c1-23-17-12-14(24-8-6-13(7-9-24)20-29-10-11-30-20)2-3-15(17)25(21(23)28)16-4-5-18(26)22-19(16)27/h2-3,10-13,16,20H,4-9H2,1H3,(H,22,26,27). The molecule has 1 unspecified atom stereocenters. The number of amides is 2. The van der Waals surface area contributed by atoms with Gasteiger partial charge in [-0.3, -0.25) is 24.0 Å². The third kappa shape index (κ3) is 3.05. The molecule has 2 saturated heterocycles. The van der Waals surface area contributed by atoms with Crippen LogP contribution in [-0.2, 0) is 26.1 Å². The second-order valence-corrected chi connectivity index (χ2v) is 8.09. The van der Waals surface area contributed by atoms with E-state index in [-0.39, 0.29) is 24.3 Å². The number of imide groups is 1. The highest BCUT2D eigenvalue weighted by molar-refractivity contribution is 6.00. The van der Waals surface area contributed by atoms with Crippen LogP contribution < -0.4 is 15.9 Å². The van der Waals surface area contributed by atoms with Crippen molar-refractivity contribution in [1.29, 1.82) is 0 Å². The van der Waals surface area contributed by atoms with Crippen molar-refractivity contribution in [2.75, 3.05) is 18.0 Å². The molecule has 1 atom stereocenters. The summed E-state index contributed by atoms with van der Waals surface area (Å²) in [4.78, 5) is 39.0. The summed E-state index contributed by atoms with van der Waals surface area (Å²) in [7, 11) is 1.71. The molecular formula is C21H24N4O5. The van der Waals surface area contributed by atoms with E-state index in [2.05, 4.69) is 10.2 Å². The lowest BCUT2D eigenvalue weighted by molar-refractivity contribution is -0.135. The number of ether oxygens (including phenoxy) is 2. The monoisotopic (exact) mass is 412 g/mol. The third-order valence-corrected chi connectivity index (χ3v) is 6.37. The molecule has 3 aliphatic rings. The molecule has 0 saturated carbocycles. The highest BCUT2D eigenvalue weighted by atomic mass is 16.7. The predicted octanol–water partition coefficient (Wildman–Crippen LogP) is 1.38. The number of nitrogens with zero attached hydrogens (tertiary/aromatic N) is 3. The number of piperidine rings is 2. The van der Waals surface area contributed by atoms with Crippen LogP contribution in [0.25, 0.3) is 11.0 Å². The van der Waals surface area contributed by atoms with Gasteiger partial charge in [0.25, 0.3) is 0 Å². The molecule has 2 fully saturated rings. The first-order valence-electron chi connectivity index (χ1n) is 10.3. The van der Waals surface area contributed by atoms with Crippen LogP contribution in [-0.4, -0.2) is 40.3 Å². The summed E-state index contributed by atoms with van der Waals surface area (Å²) in [6, 6.07) is 5.23. The SMILES string of the molecule is Cn1c(=O)n(C2CCC(=O)NC2=O)c2ccc(N3CCC(C4OC=CO4)CC3)cc21. The zero-order valence-corrected chi connectivity index (χ0v) is 16.7. The Labute approximate surface area is 172 Å². The minimum atomic E-state index is -0.666. The van der Waals surface area contributed by atoms with Gasteiger partial charge in [0, 0.05) is 38.2 Å². The fourth-order valence-corrected chi connectivity index (χ4v) is 4.68. The van der Waals surface area contributed by atoms with E-state index in [1.165, 1.54) is 4.57 Å². The number of aromatic nitrogens is 2. The molecule has 1 N–H and O–H groups in total. The average Bonchev–Trinajstić information content (AvgIpc) is 3.37. The lowest BCUT2D eigenvalue weighted by atomic mass is 9.95. The number of benzene rings is 1. The first-order valence-corrected chi connectivity index (χ1v) is 10.3. The van der Waals surface area contributed by atoms with E-state index in [1.807, 2.05) is 18.2 Å². The Morgan fingerprint density at radius 3 is 2.43 bits per heavy atom. The number of carbonyl (C=O) groups is 2. The Balaban J connectivity index is 1.40. The van der Waals surface area contributed by atoms with Gasteiger partial charge in [-0.2, -0.15) is 0 Å². The molecule has 0 bridgehead atoms. The van der Waals surface area contributed by atoms with Crippen LogP contribution in [0.15, 0.2) is 35.5 Å². The van der Waals surface area contributed by atoms with Crippen LogP contribution >= 0.6 is 0 Å². The van der Waals surface area contributed by atoms with Crippen LogP contribution in [0.5, 0.6) is 0 Å². The van der Waals surface area contributed by atoms with Gasteiger partial charge in [0.1, 0.15) is 18.6 Å². The summed E-state index contributed by atoms with van der Waals surface area (Å²) in [5.41, 5.74) is 2.27. The lowest BCUT2D eigenvalue weighted by Crippen LogP contribution is -2.44. The van der Waals surface area contributed by atoms with Crippen LogP contribution in [0.4, 0.5) is 5.69 Å². The molecule has 0 radical (unpaired) electrons. The number of anilines is 1. The van der Waals surface area contributed by atoms with Crippen molar-refractivity contribution in [3.63, 3.8) is 0 Å². The largest absolute Gasteiger partial charge is 0.459 e. The van der Waals surface area contributed by atoms with E-state index < -0.39 is 11.9 Å². The van der Waals surface area contributed by atoms with Crippen LogP contribution in [0.2, 0.25) is 0 Å². The van der Waals surface area contributed by atoms with E-state index in [0.717, 1.165) is 37.1 Å². The maximum absolute atomic E-state index is 12.9. The van der Waals surface area contributed by atoms with Crippen molar-refractivity contribution >= 4 is 28.5 Å². The highest BCUT2D eigenvalue weighted by Gasteiger charge is 2.32. The van der Waals surface area contributed by atoms with Gasteiger partial charge in [-0.15, -0.1) is 0 Å². The Kier molecular flexibility index (Phi) is 4.52. The molecule has 1 aromatic carbocycles. The predicted molar refractivity (Wildman–Crippen MR) is 109 cm³/mol. The number of hydrogen-bond acceptors (Lipinski definition) is 6. The van der Waals surface area contributed by atoms with Gasteiger partial charge in [0.15, 0.2) is 0 Å². The fourth-order valence-electron chi connectivity index (χ4n) is 4.68. The van der Waals surface area contributed by atoms with E-state index >= 15 is 0 Å². The minimum absolute atomic E-state index is 0.182. The smallest absolute Gasteiger partial charge is 0.329 e. The van der Waals surface area contributed by atoms with E-state index in [1.54, 1.807) is 24.1 Å². The van der Waals surface area contributed by atoms with Crippen LogP contribution in [0.1, 0.15) is 31.7 Å². The van der Waals surface area contributed by atoms with E-state index in [4.69, 9.17) is 9.47 Å². The maximum Gasteiger partial charge on any atom is 0.329 e. The molecule has 0 aliphatic carbocycles. The topological polar surface area (TPSA) is 94.8 Å². The molecule has 158 valence electrons. The molecule has 2 amide bonds. The number of fused-ring (bicyclic) bond motifs is 1. The Hall–Kier alpha value is -3.23. The molecule has 4 heterocycles. The van der Waals surface area contributed by atoms with Crippen molar-refractivity contribution < 1.29 is 19.1 Å². The fraction of sp³-hybridized carbons (Fsp3) is 0.476. The van der Waals surface area contributed by atoms with Gasteiger partial charge in [-0.25, -0.2) is 4.79 Å². The molecule has 2 aromatic rings. The van der Waals surface area contributed by atoms with Crippen molar-refractivity contribution in [2.45, 2.75) is 38.0 Å². The summed E-state index contributed by atoms with van der Waals surface area (Å²) >= 11 is 0. The lowest BCUT2D eigenvalue weighted by Gasteiger charge is -2.35. The summed E-state index contributed by atoms with van der Waals surface area (Å²) < 4.78 is 14.0. The van der Waals surface area contributed by atoms with E-state index in [9.17, 15) is 14.4 Å². The average molecular weight is 412 g/mol. The first kappa shape index (κ1) is 18.8. The number of hydrogen-bond donors (Lipinski definition) is 1. The zero-order chi connectivity index (χ0) is 20.8. The van der Waals surface area contributed by atoms with Gasteiger partial charge in [-0.1, -0.05) is 0 Å². The maximum atomic E-state index is 12.9. The number of imidazole rings is 1. The van der Waals surface area contributed by atoms with Gasteiger partial charge < -0.3 is 14.4 Å². The normalized spacial score (nSPS) is 23.0. The molecule has 0 spiro atoms. The second kappa shape index (κ2) is 7.23. The van der Waals surface area contributed by atoms with Gasteiger partial charge in [0.05, 0.1) is 11.0 Å². The van der Waals surface area contributed by atoms with Gasteiger partial charge in [-0.05, 0) is 37.5 Å². The summed E-state index contributed by atoms with van der Waals surface area (Å²) in [5, 5.41) is 2.34. The number of carbonyl (C=O) groups excluding carboxylic acids is 2. The van der Waals surface area contributed by atoms with Gasteiger partial charge >= 0.3 is 5.69 Å². The Bertz CT molecular complexity index is 1080. The van der Waals surface area contributed by atoms with Crippen LogP contribution in [0, 0.1) is 5.92 Å². The van der Waals surface area contributed by atoms with Crippen LogP contribution in [0.3, 0.4) is 0 Å². The Morgan fingerprint density at radius 1 is 1.00 bits per heavy atom.